The molecule has 0 heterocycles. The molecule has 0 aromatic rings. The van der Waals surface area contributed by atoms with Gasteiger partial charge in [0.2, 0.25) is 0 Å². The predicted octanol–water partition coefficient (Wildman–Crippen LogP) is 2.12. The van der Waals surface area contributed by atoms with Gasteiger partial charge in [0, 0.05) is 12.6 Å². The quantitative estimate of drug-likeness (QED) is 0.665. The van der Waals surface area contributed by atoms with E-state index in [0.717, 1.165) is 5.92 Å². The van der Waals surface area contributed by atoms with Crippen LogP contribution in [-0.2, 0) is 0 Å². The Bertz CT molecular complexity index is 95.0. The first-order valence-corrected chi connectivity index (χ1v) is 4.62. The highest BCUT2D eigenvalue weighted by Gasteiger charge is 2.16. The molecular formula is C9H18FN. The highest BCUT2D eigenvalue weighted by Crippen LogP contribution is 2.23. The number of halogens is 1. The molecule has 2 heteroatoms. The molecule has 66 valence electrons. The maximum Gasteiger partial charge on any atom is 0.102 e. The third-order valence-electron chi connectivity index (χ3n) is 2.54. The van der Waals surface area contributed by atoms with Crippen molar-refractivity contribution in [2.45, 2.75) is 38.6 Å². The van der Waals surface area contributed by atoms with Crippen LogP contribution in [0.5, 0.6) is 0 Å². The van der Waals surface area contributed by atoms with E-state index in [-0.39, 0.29) is 6.67 Å². The Morgan fingerprint density at radius 2 is 1.91 bits per heavy atom. The van der Waals surface area contributed by atoms with Gasteiger partial charge in [-0.2, -0.15) is 0 Å². The van der Waals surface area contributed by atoms with Crippen LogP contribution in [0.3, 0.4) is 0 Å². The molecule has 1 nitrogen and oxygen atoms in total. The van der Waals surface area contributed by atoms with Crippen molar-refractivity contribution < 1.29 is 4.39 Å². The average Bonchev–Trinajstić information content (AvgIpc) is 2.04. The van der Waals surface area contributed by atoms with E-state index in [1.54, 1.807) is 0 Å². The van der Waals surface area contributed by atoms with E-state index in [1.165, 1.54) is 25.7 Å². The van der Waals surface area contributed by atoms with Crippen LogP contribution >= 0.6 is 0 Å². The maximum absolute atomic E-state index is 11.8. The minimum Gasteiger partial charge on any atom is -0.311 e. The van der Waals surface area contributed by atoms with E-state index in [2.05, 4.69) is 12.2 Å². The Kier molecular flexibility index (Phi) is 3.84. The molecule has 0 aromatic carbocycles. The van der Waals surface area contributed by atoms with Crippen molar-refractivity contribution in [3.05, 3.63) is 0 Å². The normalized spacial score (nSPS) is 32.2. The van der Waals surface area contributed by atoms with Crippen molar-refractivity contribution in [2.24, 2.45) is 5.92 Å². The largest absolute Gasteiger partial charge is 0.311 e. The monoisotopic (exact) mass is 159 g/mol. The summed E-state index contributed by atoms with van der Waals surface area (Å²) >= 11 is 0. The van der Waals surface area contributed by atoms with Crippen LogP contribution in [-0.4, -0.2) is 19.3 Å². The smallest absolute Gasteiger partial charge is 0.102 e. The van der Waals surface area contributed by atoms with Gasteiger partial charge in [-0.3, -0.25) is 0 Å². The van der Waals surface area contributed by atoms with Crippen molar-refractivity contribution in [3.63, 3.8) is 0 Å². The number of alkyl halides is 1. The fraction of sp³-hybridized carbons (Fsp3) is 1.00. The van der Waals surface area contributed by atoms with Crippen molar-refractivity contribution in [1.82, 2.24) is 5.32 Å². The number of hydrogen-bond acceptors (Lipinski definition) is 1. The third kappa shape index (κ3) is 3.19. The van der Waals surface area contributed by atoms with Gasteiger partial charge in [0.1, 0.15) is 6.67 Å². The van der Waals surface area contributed by atoms with Crippen LogP contribution in [0.4, 0.5) is 4.39 Å². The first kappa shape index (κ1) is 8.98. The Morgan fingerprint density at radius 3 is 2.45 bits per heavy atom. The molecule has 1 rings (SSSR count). The lowest BCUT2D eigenvalue weighted by molar-refractivity contribution is 0.300. The second-order valence-electron chi connectivity index (χ2n) is 3.60. The summed E-state index contributed by atoms with van der Waals surface area (Å²) in [5, 5.41) is 3.22. The number of nitrogens with one attached hydrogen (secondary N) is 1. The number of hydrogen-bond donors (Lipinski definition) is 1. The Morgan fingerprint density at radius 1 is 1.27 bits per heavy atom. The van der Waals surface area contributed by atoms with Gasteiger partial charge in [0.15, 0.2) is 0 Å². The van der Waals surface area contributed by atoms with E-state index in [1.807, 2.05) is 0 Å². The van der Waals surface area contributed by atoms with Crippen LogP contribution in [0.15, 0.2) is 0 Å². The fourth-order valence-electron chi connectivity index (χ4n) is 1.72. The first-order chi connectivity index (χ1) is 5.33. The van der Waals surface area contributed by atoms with E-state index in [0.29, 0.717) is 12.6 Å². The van der Waals surface area contributed by atoms with Gasteiger partial charge < -0.3 is 5.32 Å². The van der Waals surface area contributed by atoms with Crippen molar-refractivity contribution in [3.8, 4) is 0 Å². The zero-order valence-corrected chi connectivity index (χ0v) is 7.28. The minimum atomic E-state index is -0.230. The molecule has 1 N–H and O–H groups in total. The van der Waals surface area contributed by atoms with Crippen LogP contribution in [0.25, 0.3) is 0 Å². The van der Waals surface area contributed by atoms with Gasteiger partial charge >= 0.3 is 0 Å². The van der Waals surface area contributed by atoms with Crippen molar-refractivity contribution in [1.29, 1.82) is 0 Å². The molecule has 1 saturated carbocycles. The van der Waals surface area contributed by atoms with Crippen LogP contribution in [0, 0.1) is 5.92 Å². The average molecular weight is 159 g/mol. The molecule has 0 atom stereocenters. The Balaban J connectivity index is 2.07. The Hall–Kier alpha value is -0.110. The van der Waals surface area contributed by atoms with Crippen LogP contribution < -0.4 is 5.32 Å². The Labute approximate surface area is 68.4 Å². The highest BCUT2D eigenvalue weighted by molar-refractivity contribution is 4.74. The molecule has 0 bridgehead atoms. The summed E-state index contributed by atoms with van der Waals surface area (Å²) in [6.45, 7) is 2.61. The van der Waals surface area contributed by atoms with E-state index < -0.39 is 0 Å². The third-order valence-corrected chi connectivity index (χ3v) is 2.54. The lowest BCUT2D eigenvalue weighted by Crippen LogP contribution is -2.33. The highest BCUT2D eigenvalue weighted by atomic mass is 19.1. The van der Waals surface area contributed by atoms with E-state index >= 15 is 0 Å². The molecule has 0 aliphatic heterocycles. The summed E-state index contributed by atoms with van der Waals surface area (Å²) in [6, 6.07) is 0.599. The van der Waals surface area contributed by atoms with Crippen LogP contribution in [0.2, 0.25) is 0 Å². The first-order valence-electron chi connectivity index (χ1n) is 4.62. The molecule has 11 heavy (non-hydrogen) atoms. The summed E-state index contributed by atoms with van der Waals surface area (Å²) in [5.74, 6) is 0.887. The molecule has 0 spiro atoms. The van der Waals surface area contributed by atoms with Gasteiger partial charge in [-0.05, 0) is 31.6 Å². The molecule has 0 aromatic heterocycles. The lowest BCUT2D eigenvalue weighted by Gasteiger charge is -2.26. The fourth-order valence-corrected chi connectivity index (χ4v) is 1.72. The van der Waals surface area contributed by atoms with Crippen LogP contribution in [0.1, 0.15) is 32.6 Å². The summed E-state index contributed by atoms with van der Waals surface area (Å²) in [7, 11) is 0. The van der Waals surface area contributed by atoms with E-state index in [9.17, 15) is 4.39 Å². The summed E-state index contributed by atoms with van der Waals surface area (Å²) in [5.41, 5.74) is 0. The van der Waals surface area contributed by atoms with Gasteiger partial charge in [0.05, 0.1) is 0 Å². The van der Waals surface area contributed by atoms with Gasteiger partial charge in [-0.15, -0.1) is 0 Å². The topological polar surface area (TPSA) is 12.0 Å². The zero-order valence-electron chi connectivity index (χ0n) is 7.28. The zero-order chi connectivity index (χ0) is 8.10. The molecule has 0 amide bonds. The molecule has 0 saturated heterocycles. The van der Waals surface area contributed by atoms with Gasteiger partial charge in [-0.25, -0.2) is 4.39 Å². The second-order valence-corrected chi connectivity index (χ2v) is 3.60. The van der Waals surface area contributed by atoms with Gasteiger partial charge in [0.25, 0.3) is 0 Å². The SMILES string of the molecule is C[C@H]1CC[C@H](NCCF)CC1. The molecular weight excluding hydrogens is 141 g/mol. The van der Waals surface area contributed by atoms with Crippen molar-refractivity contribution >= 4 is 0 Å². The van der Waals surface area contributed by atoms with Gasteiger partial charge in [-0.1, -0.05) is 6.92 Å². The molecule has 1 aliphatic rings. The molecule has 0 unspecified atom stereocenters. The molecule has 0 radical (unpaired) electrons. The number of rotatable bonds is 3. The lowest BCUT2D eigenvalue weighted by atomic mass is 9.87. The van der Waals surface area contributed by atoms with E-state index in [4.69, 9.17) is 0 Å². The summed E-state index contributed by atoms with van der Waals surface area (Å²) in [4.78, 5) is 0. The standard InChI is InChI=1S/C9H18FN/c1-8-2-4-9(5-3-8)11-7-6-10/h8-9,11H,2-7H2,1H3/t8-,9-. The molecule has 1 aliphatic carbocycles. The van der Waals surface area contributed by atoms with Crippen molar-refractivity contribution in [2.75, 3.05) is 13.2 Å². The summed E-state index contributed by atoms with van der Waals surface area (Å²) in [6.07, 6.45) is 5.09. The minimum absolute atomic E-state index is 0.230. The second kappa shape index (κ2) is 4.70. The summed E-state index contributed by atoms with van der Waals surface area (Å²) < 4.78 is 11.8. The molecule has 1 fully saturated rings. The maximum atomic E-state index is 11.8. The predicted molar refractivity (Wildman–Crippen MR) is 45.4 cm³/mol.